The highest BCUT2D eigenvalue weighted by molar-refractivity contribution is 7.85. The second-order valence-electron chi connectivity index (χ2n) is 12.8. The fourth-order valence-corrected chi connectivity index (χ4v) is 6.64. The molecule has 3 rings (SSSR count). The molecule has 0 aliphatic carbocycles. The number of ether oxygens (including phenoxy) is 3. The summed E-state index contributed by atoms with van der Waals surface area (Å²) in [5.74, 6) is -0.147. The summed E-state index contributed by atoms with van der Waals surface area (Å²) >= 11 is 1.66. The molecular formula is C37H61NO7S2. The van der Waals surface area contributed by atoms with Crippen LogP contribution in [0.15, 0.2) is 46.2 Å². The average molecular weight is 696 g/mol. The van der Waals surface area contributed by atoms with Gasteiger partial charge >= 0.3 is 5.97 Å². The van der Waals surface area contributed by atoms with Gasteiger partial charge in [-0.2, -0.15) is 4.57 Å². The molecule has 2 heterocycles. The van der Waals surface area contributed by atoms with Gasteiger partial charge in [0.1, 0.15) is 29.4 Å². The van der Waals surface area contributed by atoms with Crippen molar-refractivity contribution in [2.24, 2.45) is 0 Å². The molecule has 2 unspecified atom stereocenters. The molecule has 0 saturated carbocycles. The van der Waals surface area contributed by atoms with E-state index in [2.05, 4.69) is 17.0 Å². The first kappa shape index (κ1) is 41.3. The number of aryl methyl sites for hydroxylation is 2. The molecule has 0 bridgehead atoms. The summed E-state index contributed by atoms with van der Waals surface area (Å²) < 4.78 is 50.3. The van der Waals surface area contributed by atoms with Crippen molar-refractivity contribution in [1.29, 1.82) is 0 Å². The molecule has 2 atom stereocenters. The number of esters is 1. The van der Waals surface area contributed by atoms with Crippen molar-refractivity contribution in [3.63, 3.8) is 0 Å². The Morgan fingerprint density at radius 2 is 1.43 bits per heavy atom. The molecule has 0 N–H and O–H groups in total. The van der Waals surface area contributed by atoms with Crippen molar-refractivity contribution in [3.05, 3.63) is 46.9 Å². The number of rotatable bonds is 25. The normalized spacial score (nSPS) is 16.1. The summed E-state index contributed by atoms with van der Waals surface area (Å²) in [5.41, 5.74) is 2.98. The molecule has 0 radical (unpaired) electrons. The van der Waals surface area contributed by atoms with Crippen molar-refractivity contribution in [2.45, 2.75) is 166 Å². The van der Waals surface area contributed by atoms with Gasteiger partial charge in [0.25, 0.3) is 0 Å². The lowest BCUT2D eigenvalue weighted by Crippen LogP contribution is -2.30. The van der Waals surface area contributed by atoms with Gasteiger partial charge in [-0.1, -0.05) is 139 Å². The van der Waals surface area contributed by atoms with E-state index in [1.807, 2.05) is 18.5 Å². The zero-order chi connectivity index (χ0) is 34.0. The van der Waals surface area contributed by atoms with E-state index in [1.165, 1.54) is 115 Å². The monoisotopic (exact) mass is 695 g/mol. The molecule has 1 aliphatic rings. The summed E-state index contributed by atoms with van der Waals surface area (Å²) in [6.45, 7) is 5.79. The molecule has 10 heteroatoms. The number of hydrogen-bond acceptors (Lipinski definition) is 8. The highest BCUT2D eigenvalue weighted by atomic mass is 32.2. The van der Waals surface area contributed by atoms with Crippen LogP contribution >= 0.6 is 11.3 Å². The number of hydrogen-bond donors (Lipinski definition) is 0. The van der Waals surface area contributed by atoms with Crippen LogP contribution in [0.5, 0.6) is 0 Å². The van der Waals surface area contributed by atoms with Crippen LogP contribution in [0.1, 0.15) is 141 Å². The second-order valence-corrected chi connectivity index (χ2v) is 14.9. The lowest BCUT2D eigenvalue weighted by atomic mass is 10.0. The fourth-order valence-electron chi connectivity index (χ4n) is 5.54. The summed E-state index contributed by atoms with van der Waals surface area (Å²) in [6.07, 6.45) is 27.5. The van der Waals surface area contributed by atoms with Crippen molar-refractivity contribution >= 4 is 27.4 Å². The molecule has 1 aromatic carbocycles. The SMILES string of the molecule is CCCCCCCCCCCCCCCCCCCC1OCC(COC(=O)CCC[n+]2ccsc2)O1.Cc1ccc(S(=O)(=O)[O-])cc1. The van der Waals surface area contributed by atoms with E-state index < -0.39 is 10.1 Å². The van der Waals surface area contributed by atoms with Crippen molar-refractivity contribution in [2.75, 3.05) is 13.2 Å². The van der Waals surface area contributed by atoms with Gasteiger partial charge in [0.15, 0.2) is 12.5 Å². The predicted octanol–water partition coefficient (Wildman–Crippen LogP) is 9.04. The third-order valence-electron chi connectivity index (χ3n) is 8.42. The minimum atomic E-state index is -4.27. The second kappa shape index (κ2) is 26.1. The van der Waals surface area contributed by atoms with Crippen LogP contribution in [0.25, 0.3) is 0 Å². The maximum Gasteiger partial charge on any atom is 0.306 e. The van der Waals surface area contributed by atoms with E-state index in [0.29, 0.717) is 19.6 Å². The van der Waals surface area contributed by atoms with Crippen molar-refractivity contribution < 1.29 is 36.5 Å². The Bertz CT molecular complexity index is 1140. The first-order valence-electron chi connectivity index (χ1n) is 18.1. The maximum atomic E-state index is 11.9. The van der Waals surface area contributed by atoms with E-state index in [-0.39, 0.29) is 23.3 Å². The highest BCUT2D eigenvalue weighted by Gasteiger charge is 2.26. The quantitative estimate of drug-likeness (QED) is 0.0442. The molecule has 268 valence electrons. The topological polar surface area (TPSA) is 106 Å². The smallest absolute Gasteiger partial charge is 0.306 e. The number of nitrogens with zero attached hydrogens (tertiary/aromatic N) is 1. The standard InChI is InChI=1S/C30H54NO4S.C7H8O3S/c1-2-3-4-5-6-7-8-9-10-11-12-13-14-15-16-17-18-21-30-34-26-28(35-30)25-33-29(32)20-19-22-31-23-24-36-27-31;1-6-2-4-7(5-3-6)11(8,9)10/h23-24,27-28,30H,2-22,25-26H2,1H3;2-5H,1H3,(H,8,9,10)/q+1;/p-1. The first-order chi connectivity index (χ1) is 22.8. The Morgan fingerprint density at radius 3 is 1.94 bits per heavy atom. The fraction of sp³-hybridized carbons (Fsp3) is 0.730. The predicted molar refractivity (Wildman–Crippen MR) is 187 cm³/mol. The maximum absolute atomic E-state index is 11.9. The zero-order valence-corrected chi connectivity index (χ0v) is 30.7. The minimum Gasteiger partial charge on any atom is -0.744 e. The molecule has 1 fully saturated rings. The molecule has 1 aromatic heterocycles. The number of benzene rings is 1. The molecular weight excluding hydrogens is 635 g/mol. The van der Waals surface area contributed by atoms with Crippen LogP contribution < -0.4 is 4.57 Å². The van der Waals surface area contributed by atoms with Gasteiger partial charge in [-0.25, -0.2) is 8.42 Å². The van der Waals surface area contributed by atoms with Gasteiger partial charge in [-0.3, -0.25) is 4.79 Å². The average Bonchev–Trinajstić information content (AvgIpc) is 3.74. The molecule has 1 saturated heterocycles. The molecule has 0 amide bonds. The summed E-state index contributed by atoms with van der Waals surface area (Å²) in [5, 5.41) is 2.03. The van der Waals surface area contributed by atoms with E-state index in [4.69, 9.17) is 14.2 Å². The van der Waals surface area contributed by atoms with Crippen LogP contribution in [0, 0.1) is 6.92 Å². The van der Waals surface area contributed by atoms with Gasteiger partial charge in [0, 0.05) is 6.42 Å². The Kier molecular flexibility index (Phi) is 22.9. The van der Waals surface area contributed by atoms with E-state index >= 15 is 0 Å². The minimum absolute atomic E-state index is 0.115. The summed E-state index contributed by atoms with van der Waals surface area (Å²) in [4.78, 5) is 11.8. The number of aromatic nitrogens is 1. The Balaban J connectivity index is 0.000000587. The van der Waals surface area contributed by atoms with Gasteiger partial charge in [-0.05, 0) is 31.9 Å². The van der Waals surface area contributed by atoms with Crippen LogP contribution in [-0.2, 0) is 35.7 Å². The molecule has 1 aliphatic heterocycles. The molecule has 8 nitrogen and oxygen atoms in total. The third kappa shape index (κ3) is 21.7. The number of thiazole rings is 1. The van der Waals surface area contributed by atoms with Gasteiger partial charge < -0.3 is 18.8 Å². The van der Waals surface area contributed by atoms with E-state index in [0.717, 1.165) is 31.4 Å². The zero-order valence-electron chi connectivity index (χ0n) is 29.1. The van der Waals surface area contributed by atoms with Gasteiger partial charge in [0.2, 0.25) is 5.51 Å². The van der Waals surface area contributed by atoms with Gasteiger partial charge in [0.05, 0.1) is 23.3 Å². The number of unbranched alkanes of at least 4 members (excludes halogenated alkanes) is 16. The third-order valence-corrected chi connectivity index (χ3v) is 9.94. The lowest BCUT2D eigenvalue weighted by molar-refractivity contribution is -0.692. The molecule has 47 heavy (non-hydrogen) atoms. The van der Waals surface area contributed by atoms with Crippen LogP contribution in [0.4, 0.5) is 0 Å². The number of carbonyl (C=O) groups excluding carboxylic acids is 1. The molecule has 2 aromatic rings. The Labute approximate surface area is 289 Å². The number of carbonyl (C=O) groups is 1. The van der Waals surface area contributed by atoms with Crippen LogP contribution in [-0.4, -0.2) is 44.5 Å². The van der Waals surface area contributed by atoms with Crippen LogP contribution in [0.2, 0.25) is 0 Å². The first-order valence-corrected chi connectivity index (χ1v) is 20.5. The molecule has 0 spiro atoms. The summed E-state index contributed by atoms with van der Waals surface area (Å²) in [7, 11) is -4.27. The van der Waals surface area contributed by atoms with Crippen LogP contribution in [0.3, 0.4) is 0 Å². The van der Waals surface area contributed by atoms with Gasteiger partial charge in [-0.15, -0.1) is 0 Å². The van der Waals surface area contributed by atoms with Crippen molar-refractivity contribution in [3.8, 4) is 0 Å². The Morgan fingerprint density at radius 1 is 0.872 bits per heavy atom. The van der Waals surface area contributed by atoms with E-state index in [9.17, 15) is 17.8 Å². The van der Waals surface area contributed by atoms with E-state index in [1.54, 1.807) is 23.5 Å². The highest BCUT2D eigenvalue weighted by Crippen LogP contribution is 2.19. The Hall–Kier alpha value is -1.85. The summed E-state index contributed by atoms with van der Waals surface area (Å²) in [6, 6.07) is 5.78. The largest absolute Gasteiger partial charge is 0.744 e. The van der Waals surface area contributed by atoms with Crippen molar-refractivity contribution in [1.82, 2.24) is 0 Å². The lowest BCUT2D eigenvalue weighted by Gasteiger charge is -2.12.